The molecule has 2 fully saturated rings. The highest BCUT2D eigenvalue weighted by molar-refractivity contribution is 4.99. The largest absolute Gasteiger partial charge is 0.309 e. The zero-order chi connectivity index (χ0) is 13.3. The molecule has 2 rings (SSSR count). The van der Waals surface area contributed by atoms with E-state index in [0.29, 0.717) is 5.54 Å². The predicted molar refractivity (Wildman–Crippen MR) is 78.8 cm³/mol. The molecule has 1 aliphatic carbocycles. The fraction of sp³-hybridized carbons (Fsp3) is 1.00. The molecule has 106 valence electrons. The van der Waals surface area contributed by atoms with Crippen LogP contribution >= 0.6 is 0 Å². The zero-order valence-corrected chi connectivity index (χ0v) is 13.0. The SMILES string of the molecule is CCC1CNC(C)(CC)CN1C1CCC(C)C1C. The van der Waals surface area contributed by atoms with Gasteiger partial charge >= 0.3 is 0 Å². The van der Waals surface area contributed by atoms with Crippen molar-refractivity contribution in [1.82, 2.24) is 10.2 Å². The van der Waals surface area contributed by atoms with Gasteiger partial charge in [-0.3, -0.25) is 4.90 Å². The second kappa shape index (κ2) is 5.50. The summed E-state index contributed by atoms with van der Waals surface area (Å²) >= 11 is 0. The average Bonchev–Trinajstić information content (AvgIpc) is 2.70. The molecule has 1 saturated heterocycles. The van der Waals surface area contributed by atoms with Crippen molar-refractivity contribution < 1.29 is 0 Å². The molecule has 0 aromatic rings. The molecular weight excluding hydrogens is 220 g/mol. The molecule has 1 aliphatic heterocycles. The Morgan fingerprint density at radius 2 is 1.94 bits per heavy atom. The van der Waals surface area contributed by atoms with Crippen LogP contribution in [0.15, 0.2) is 0 Å². The van der Waals surface area contributed by atoms with Crippen molar-refractivity contribution in [1.29, 1.82) is 0 Å². The fourth-order valence-electron chi connectivity index (χ4n) is 3.88. The van der Waals surface area contributed by atoms with E-state index in [1.807, 2.05) is 0 Å². The van der Waals surface area contributed by atoms with Crippen LogP contribution in [0.2, 0.25) is 0 Å². The first-order valence-electron chi connectivity index (χ1n) is 8.01. The van der Waals surface area contributed by atoms with Gasteiger partial charge in [0, 0.05) is 30.7 Å². The lowest BCUT2D eigenvalue weighted by Gasteiger charge is -2.49. The van der Waals surface area contributed by atoms with E-state index in [2.05, 4.69) is 44.8 Å². The molecule has 0 spiro atoms. The highest BCUT2D eigenvalue weighted by Gasteiger charge is 2.41. The second-order valence-corrected chi connectivity index (χ2v) is 7.01. The van der Waals surface area contributed by atoms with E-state index in [-0.39, 0.29) is 0 Å². The number of rotatable bonds is 3. The molecule has 5 unspecified atom stereocenters. The van der Waals surface area contributed by atoms with Crippen molar-refractivity contribution in [2.45, 2.75) is 77.9 Å². The minimum atomic E-state index is 0.331. The van der Waals surface area contributed by atoms with Crippen LogP contribution < -0.4 is 5.32 Å². The first-order chi connectivity index (χ1) is 8.50. The lowest BCUT2D eigenvalue weighted by molar-refractivity contribution is 0.0285. The van der Waals surface area contributed by atoms with Crippen molar-refractivity contribution >= 4 is 0 Å². The summed E-state index contributed by atoms with van der Waals surface area (Å²) in [6.45, 7) is 14.4. The van der Waals surface area contributed by atoms with Gasteiger partial charge in [0.05, 0.1) is 0 Å². The molecule has 0 aromatic heterocycles. The number of nitrogens with zero attached hydrogens (tertiary/aromatic N) is 1. The molecule has 1 heterocycles. The summed E-state index contributed by atoms with van der Waals surface area (Å²) in [6.07, 6.45) is 5.36. The summed E-state index contributed by atoms with van der Waals surface area (Å²) in [5.41, 5.74) is 0.331. The highest BCUT2D eigenvalue weighted by atomic mass is 15.3. The Kier molecular flexibility index (Phi) is 4.38. The molecule has 1 N–H and O–H groups in total. The van der Waals surface area contributed by atoms with E-state index in [1.165, 1.54) is 38.8 Å². The summed E-state index contributed by atoms with van der Waals surface area (Å²) in [4.78, 5) is 2.86. The second-order valence-electron chi connectivity index (χ2n) is 7.01. The molecule has 2 nitrogen and oxygen atoms in total. The van der Waals surface area contributed by atoms with Crippen molar-refractivity contribution in [3.63, 3.8) is 0 Å². The monoisotopic (exact) mass is 252 g/mol. The molecule has 0 aromatic carbocycles. The van der Waals surface area contributed by atoms with Crippen LogP contribution in [0.5, 0.6) is 0 Å². The first-order valence-corrected chi connectivity index (χ1v) is 8.01. The Balaban J connectivity index is 2.11. The van der Waals surface area contributed by atoms with Crippen molar-refractivity contribution in [2.24, 2.45) is 11.8 Å². The maximum absolute atomic E-state index is 3.78. The number of hydrogen-bond acceptors (Lipinski definition) is 2. The lowest BCUT2D eigenvalue weighted by atomic mass is 9.88. The van der Waals surface area contributed by atoms with Crippen LogP contribution in [-0.2, 0) is 0 Å². The van der Waals surface area contributed by atoms with Gasteiger partial charge in [-0.1, -0.05) is 27.7 Å². The summed E-state index contributed by atoms with van der Waals surface area (Å²) in [5, 5.41) is 3.78. The van der Waals surface area contributed by atoms with Gasteiger partial charge in [0.25, 0.3) is 0 Å². The number of hydrogen-bond donors (Lipinski definition) is 1. The third-order valence-electron chi connectivity index (χ3n) is 5.86. The van der Waals surface area contributed by atoms with Gasteiger partial charge in [0.1, 0.15) is 0 Å². The Morgan fingerprint density at radius 1 is 1.22 bits per heavy atom. The van der Waals surface area contributed by atoms with Gasteiger partial charge in [-0.15, -0.1) is 0 Å². The molecular formula is C16H32N2. The summed E-state index contributed by atoms with van der Waals surface area (Å²) < 4.78 is 0. The molecule has 5 atom stereocenters. The van der Waals surface area contributed by atoms with Crippen molar-refractivity contribution in [2.75, 3.05) is 13.1 Å². The Bertz CT molecular complexity index is 278. The smallest absolute Gasteiger partial charge is 0.0278 e. The van der Waals surface area contributed by atoms with Crippen LogP contribution in [0.4, 0.5) is 0 Å². The van der Waals surface area contributed by atoms with E-state index >= 15 is 0 Å². The third-order valence-corrected chi connectivity index (χ3v) is 5.86. The van der Waals surface area contributed by atoms with Crippen LogP contribution in [0.3, 0.4) is 0 Å². The summed E-state index contributed by atoms with van der Waals surface area (Å²) in [5.74, 6) is 1.79. The summed E-state index contributed by atoms with van der Waals surface area (Å²) in [7, 11) is 0. The van der Waals surface area contributed by atoms with Crippen LogP contribution in [0, 0.1) is 11.8 Å². The minimum absolute atomic E-state index is 0.331. The maximum atomic E-state index is 3.78. The van der Waals surface area contributed by atoms with Gasteiger partial charge in [0.15, 0.2) is 0 Å². The molecule has 18 heavy (non-hydrogen) atoms. The topological polar surface area (TPSA) is 15.3 Å². The Hall–Kier alpha value is -0.0800. The lowest BCUT2D eigenvalue weighted by Crippen LogP contribution is -2.65. The van der Waals surface area contributed by atoms with Crippen LogP contribution in [0.25, 0.3) is 0 Å². The van der Waals surface area contributed by atoms with Crippen molar-refractivity contribution in [3.8, 4) is 0 Å². The van der Waals surface area contributed by atoms with E-state index in [1.54, 1.807) is 0 Å². The molecule has 0 amide bonds. The van der Waals surface area contributed by atoms with Crippen molar-refractivity contribution in [3.05, 3.63) is 0 Å². The molecule has 1 saturated carbocycles. The van der Waals surface area contributed by atoms with Gasteiger partial charge in [0.2, 0.25) is 0 Å². The van der Waals surface area contributed by atoms with Gasteiger partial charge < -0.3 is 5.32 Å². The van der Waals surface area contributed by atoms with Gasteiger partial charge in [-0.25, -0.2) is 0 Å². The first kappa shape index (κ1) is 14.3. The summed E-state index contributed by atoms with van der Waals surface area (Å²) in [6, 6.07) is 1.58. The van der Waals surface area contributed by atoms with E-state index in [4.69, 9.17) is 0 Å². The van der Waals surface area contributed by atoms with E-state index in [9.17, 15) is 0 Å². The standard InChI is InChI=1S/C16H32N2/c1-6-14-10-17-16(5,7-2)11-18(14)15-9-8-12(3)13(15)4/h12-15,17H,6-11H2,1-5H3. The quantitative estimate of drug-likeness (QED) is 0.829. The van der Waals surface area contributed by atoms with Crippen LogP contribution in [-0.4, -0.2) is 35.6 Å². The van der Waals surface area contributed by atoms with Gasteiger partial charge in [-0.05, 0) is 44.4 Å². The van der Waals surface area contributed by atoms with Gasteiger partial charge in [-0.2, -0.15) is 0 Å². The minimum Gasteiger partial charge on any atom is -0.309 e. The Morgan fingerprint density at radius 3 is 2.44 bits per heavy atom. The van der Waals surface area contributed by atoms with E-state index < -0.39 is 0 Å². The fourth-order valence-corrected chi connectivity index (χ4v) is 3.88. The maximum Gasteiger partial charge on any atom is 0.0278 e. The molecule has 2 aliphatic rings. The molecule has 2 heteroatoms. The highest BCUT2D eigenvalue weighted by Crippen LogP contribution is 2.37. The molecule has 0 bridgehead atoms. The average molecular weight is 252 g/mol. The molecule has 0 radical (unpaired) electrons. The number of nitrogens with one attached hydrogen (secondary N) is 1. The van der Waals surface area contributed by atoms with Crippen LogP contribution in [0.1, 0.15) is 60.3 Å². The van der Waals surface area contributed by atoms with E-state index in [0.717, 1.165) is 23.9 Å². The Labute approximate surface area is 114 Å². The predicted octanol–water partition coefficient (Wildman–Crippen LogP) is 3.27. The third kappa shape index (κ3) is 2.60. The normalized spacial score (nSPS) is 46.5. The number of piperazine rings is 1. The zero-order valence-electron chi connectivity index (χ0n) is 13.0.